The van der Waals surface area contributed by atoms with Gasteiger partial charge in [0.1, 0.15) is 0 Å². The van der Waals surface area contributed by atoms with Crippen LogP contribution in [-0.4, -0.2) is 48.9 Å². The van der Waals surface area contributed by atoms with Gasteiger partial charge in [-0.15, -0.1) is 0 Å². The van der Waals surface area contributed by atoms with Crippen molar-refractivity contribution in [1.29, 1.82) is 0 Å². The van der Waals surface area contributed by atoms with Gasteiger partial charge in [0, 0.05) is 24.5 Å². The van der Waals surface area contributed by atoms with Crippen LogP contribution in [0.25, 0.3) is 0 Å². The molecule has 0 bridgehead atoms. The van der Waals surface area contributed by atoms with Gasteiger partial charge in [-0.3, -0.25) is 5.32 Å². The van der Waals surface area contributed by atoms with Gasteiger partial charge in [-0.05, 0) is 45.0 Å². The Morgan fingerprint density at radius 1 is 1.13 bits per heavy atom. The highest BCUT2D eigenvalue weighted by Gasteiger charge is 2.25. The first kappa shape index (κ1) is 17.1. The minimum Gasteiger partial charge on any atom is -0.450 e. The van der Waals surface area contributed by atoms with Gasteiger partial charge in [0.25, 0.3) is 0 Å². The van der Waals surface area contributed by atoms with E-state index >= 15 is 0 Å². The molecule has 7 nitrogen and oxygen atoms in total. The molecule has 2 rings (SSSR count). The van der Waals surface area contributed by atoms with Gasteiger partial charge in [-0.25, -0.2) is 9.59 Å². The van der Waals surface area contributed by atoms with Crippen LogP contribution in [0.4, 0.5) is 21.0 Å². The lowest BCUT2D eigenvalue weighted by Gasteiger charge is -2.35. The molecule has 1 heterocycles. The fourth-order valence-electron chi connectivity index (χ4n) is 2.47. The van der Waals surface area contributed by atoms with Crippen LogP contribution in [0.5, 0.6) is 0 Å². The molecule has 1 fully saturated rings. The molecule has 2 unspecified atom stereocenters. The molecule has 1 aliphatic rings. The number of morpholine rings is 1. The zero-order valence-corrected chi connectivity index (χ0v) is 13.7. The summed E-state index contributed by atoms with van der Waals surface area (Å²) in [7, 11) is 0. The van der Waals surface area contributed by atoms with E-state index in [4.69, 9.17) is 9.47 Å². The summed E-state index contributed by atoms with van der Waals surface area (Å²) in [6.45, 7) is 7.09. The molecule has 0 aliphatic carbocycles. The Hall–Kier alpha value is -2.28. The highest BCUT2D eigenvalue weighted by molar-refractivity contribution is 5.90. The number of carbonyl (C=O) groups excluding carboxylic acids is 2. The fourth-order valence-corrected chi connectivity index (χ4v) is 2.47. The van der Waals surface area contributed by atoms with Crippen molar-refractivity contribution in [1.82, 2.24) is 4.90 Å². The van der Waals surface area contributed by atoms with Crippen molar-refractivity contribution in [2.45, 2.75) is 33.0 Å². The third kappa shape index (κ3) is 5.14. The normalized spacial score (nSPS) is 20.7. The van der Waals surface area contributed by atoms with E-state index in [0.717, 1.165) is 0 Å². The molecule has 0 spiro atoms. The number of carbonyl (C=O) groups is 2. The fraction of sp³-hybridized carbons (Fsp3) is 0.500. The number of anilines is 2. The molecule has 1 saturated heterocycles. The Balaban J connectivity index is 1.90. The van der Waals surface area contributed by atoms with Gasteiger partial charge in [0.05, 0.1) is 18.8 Å². The molecule has 0 radical (unpaired) electrons. The van der Waals surface area contributed by atoms with Crippen molar-refractivity contribution < 1.29 is 19.1 Å². The topological polar surface area (TPSA) is 79.9 Å². The largest absolute Gasteiger partial charge is 0.450 e. The van der Waals surface area contributed by atoms with Crippen molar-refractivity contribution in [2.24, 2.45) is 0 Å². The van der Waals surface area contributed by atoms with Crippen LogP contribution < -0.4 is 10.6 Å². The molecule has 0 saturated carbocycles. The monoisotopic (exact) mass is 321 g/mol. The first-order valence-corrected chi connectivity index (χ1v) is 7.73. The van der Waals surface area contributed by atoms with E-state index in [0.29, 0.717) is 31.1 Å². The Morgan fingerprint density at radius 2 is 1.65 bits per heavy atom. The molecule has 23 heavy (non-hydrogen) atoms. The lowest BCUT2D eigenvalue weighted by molar-refractivity contribution is -0.0530. The number of nitrogens with zero attached hydrogens (tertiary/aromatic N) is 1. The first-order chi connectivity index (χ1) is 11.0. The van der Waals surface area contributed by atoms with Crippen molar-refractivity contribution in [3.8, 4) is 0 Å². The van der Waals surface area contributed by atoms with E-state index in [1.165, 1.54) is 0 Å². The molecule has 3 amide bonds. The number of ether oxygens (including phenoxy) is 2. The zero-order chi connectivity index (χ0) is 16.8. The predicted octanol–water partition coefficient (Wildman–Crippen LogP) is 2.90. The lowest BCUT2D eigenvalue weighted by atomic mass is 10.2. The standard InChI is InChI=1S/C16H23N3O4/c1-4-22-16(21)18-14-7-5-13(6-8-14)17-15(20)19-9-11(2)23-12(3)10-19/h5-8,11-12H,4,9-10H2,1-3H3,(H,17,20)(H,18,21). The van der Waals surface area contributed by atoms with E-state index in [1.54, 1.807) is 36.1 Å². The molecule has 126 valence electrons. The molecular weight excluding hydrogens is 298 g/mol. The highest BCUT2D eigenvalue weighted by atomic mass is 16.5. The maximum atomic E-state index is 12.3. The van der Waals surface area contributed by atoms with Crippen LogP contribution >= 0.6 is 0 Å². The summed E-state index contributed by atoms with van der Waals surface area (Å²) in [6, 6.07) is 6.71. The van der Waals surface area contributed by atoms with E-state index in [-0.39, 0.29) is 18.2 Å². The van der Waals surface area contributed by atoms with Crippen LogP contribution in [0.15, 0.2) is 24.3 Å². The third-order valence-electron chi connectivity index (χ3n) is 3.36. The highest BCUT2D eigenvalue weighted by Crippen LogP contribution is 2.16. The van der Waals surface area contributed by atoms with E-state index in [1.807, 2.05) is 13.8 Å². The Kier molecular flexibility index (Phi) is 5.81. The van der Waals surface area contributed by atoms with Gasteiger partial charge < -0.3 is 19.7 Å². The molecule has 2 atom stereocenters. The van der Waals surface area contributed by atoms with Crippen molar-refractivity contribution in [3.63, 3.8) is 0 Å². The number of benzene rings is 1. The maximum Gasteiger partial charge on any atom is 0.411 e. The van der Waals surface area contributed by atoms with Crippen LogP contribution in [0.3, 0.4) is 0 Å². The van der Waals surface area contributed by atoms with Crippen LogP contribution in [0, 0.1) is 0 Å². The predicted molar refractivity (Wildman–Crippen MR) is 87.7 cm³/mol. The summed E-state index contributed by atoms with van der Waals surface area (Å²) in [5.41, 5.74) is 1.27. The Morgan fingerprint density at radius 3 is 2.17 bits per heavy atom. The van der Waals surface area contributed by atoms with Crippen LogP contribution in [0.2, 0.25) is 0 Å². The van der Waals surface area contributed by atoms with Gasteiger partial charge in [0.15, 0.2) is 0 Å². The van der Waals surface area contributed by atoms with Crippen molar-refractivity contribution in [3.05, 3.63) is 24.3 Å². The van der Waals surface area contributed by atoms with Crippen LogP contribution in [-0.2, 0) is 9.47 Å². The number of hydrogen-bond acceptors (Lipinski definition) is 4. The molecule has 0 aromatic heterocycles. The number of hydrogen-bond donors (Lipinski definition) is 2. The minimum absolute atomic E-state index is 0.0284. The molecule has 2 N–H and O–H groups in total. The number of rotatable bonds is 3. The third-order valence-corrected chi connectivity index (χ3v) is 3.36. The van der Waals surface area contributed by atoms with Crippen molar-refractivity contribution >= 4 is 23.5 Å². The Bertz CT molecular complexity index is 537. The molecule has 1 aromatic rings. The lowest BCUT2D eigenvalue weighted by Crippen LogP contribution is -2.49. The zero-order valence-electron chi connectivity index (χ0n) is 13.7. The van der Waals surface area contributed by atoms with E-state index < -0.39 is 6.09 Å². The van der Waals surface area contributed by atoms with Crippen molar-refractivity contribution in [2.75, 3.05) is 30.3 Å². The number of amides is 3. The SMILES string of the molecule is CCOC(=O)Nc1ccc(NC(=O)N2CC(C)OC(C)C2)cc1. The summed E-state index contributed by atoms with van der Waals surface area (Å²) in [6.07, 6.45) is -0.443. The second-order valence-corrected chi connectivity index (χ2v) is 5.52. The van der Waals surface area contributed by atoms with E-state index in [2.05, 4.69) is 10.6 Å². The smallest absolute Gasteiger partial charge is 0.411 e. The quantitative estimate of drug-likeness (QED) is 0.897. The second kappa shape index (κ2) is 7.82. The average molecular weight is 321 g/mol. The Labute approximate surface area is 135 Å². The first-order valence-electron chi connectivity index (χ1n) is 7.73. The molecule has 1 aliphatic heterocycles. The van der Waals surface area contributed by atoms with Gasteiger partial charge in [0.2, 0.25) is 0 Å². The second-order valence-electron chi connectivity index (χ2n) is 5.52. The molecule has 7 heteroatoms. The number of urea groups is 1. The van der Waals surface area contributed by atoms with Gasteiger partial charge in [-0.2, -0.15) is 0 Å². The summed E-state index contributed by atoms with van der Waals surface area (Å²) in [5, 5.41) is 5.44. The summed E-state index contributed by atoms with van der Waals surface area (Å²) >= 11 is 0. The molecular formula is C16H23N3O4. The number of nitrogens with one attached hydrogen (secondary N) is 2. The van der Waals surface area contributed by atoms with Gasteiger partial charge in [-0.1, -0.05) is 0 Å². The maximum absolute atomic E-state index is 12.3. The van der Waals surface area contributed by atoms with Gasteiger partial charge >= 0.3 is 12.1 Å². The summed E-state index contributed by atoms with van der Waals surface area (Å²) < 4.78 is 10.4. The van der Waals surface area contributed by atoms with E-state index in [9.17, 15) is 9.59 Å². The summed E-state index contributed by atoms with van der Waals surface area (Å²) in [5.74, 6) is 0. The molecule has 1 aromatic carbocycles. The van der Waals surface area contributed by atoms with Crippen LogP contribution in [0.1, 0.15) is 20.8 Å². The average Bonchev–Trinajstić information content (AvgIpc) is 2.48. The minimum atomic E-state index is -0.499. The summed E-state index contributed by atoms with van der Waals surface area (Å²) in [4.78, 5) is 25.3.